The zero-order valence-electron chi connectivity index (χ0n) is 22.4. The van der Waals surface area contributed by atoms with Crippen molar-refractivity contribution in [2.45, 2.75) is 13.0 Å². The van der Waals surface area contributed by atoms with E-state index in [4.69, 9.17) is 9.47 Å². The second-order valence-electron chi connectivity index (χ2n) is 10.7. The molecule has 0 saturated carbocycles. The second-order valence-corrected chi connectivity index (χ2v) is 10.7. The van der Waals surface area contributed by atoms with E-state index in [0.717, 1.165) is 84.7 Å². The monoisotopic (exact) mass is 537 g/mol. The predicted molar refractivity (Wildman–Crippen MR) is 150 cm³/mol. The third kappa shape index (κ3) is 5.01. The highest BCUT2D eigenvalue weighted by molar-refractivity contribution is 5.63. The Kier molecular flexibility index (Phi) is 6.37. The van der Waals surface area contributed by atoms with Crippen LogP contribution in [0.2, 0.25) is 0 Å². The Morgan fingerprint density at radius 2 is 1.88 bits per heavy atom. The predicted octanol–water partition coefficient (Wildman–Crippen LogP) is 3.30. The van der Waals surface area contributed by atoms with Crippen molar-refractivity contribution >= 4 is 11.5 Å². The molecule has 0 atom stereocenters. The summed E-state index contributed by atoms with van der Waals surface area (Å²) in [4.78, 5) is 17.5. The highest BCUT2D eigenvalue weighted by Gasteiger charge is 2.48. The summed E-state index contributed by atoms with van der Waals surface area (Å²) in [5.41, 5.74) is 6.00. The minimum Gasteiger partial charge on any atom is -0.493 e. The number of aromatic nitrogens is 7. The van der Waals surface area contributed by atoms with Crippen molar-refractivity contribution in [1.82, 2.24) is 39.2 Å². The van der Waals surface area contributed by atoms with Gasteiger partial charge in [0.05, 0.1) is 43.6 Å². The van der Waals surface area contributed by atoms with Crippen molar-refractivity contribution in [1.29, 1.82) is 0 Å². The minimum absolute atomic E-state index is 0.468. The van der Waals surface area contributed by atoms with E-state index in [-0.39, 0.29) is 0 Å². The van der Waals surface area contributed by atoms with E-state index in [1.807, 2.05) is 42.0 Å². The average Bonchev–Trinajstić information content (AvgIpc) is 3.56. The van der Waals surface area contributed by atoms with Gasteiger partial charge in [0.25, 0.3) is 0 Å². The lowest BCUT2D eigenvalue weighted by atomic mass is 9.78. The Balaban J connectivity index is 0.947. The number of likely N-dealkylation sites (tertiary alicyclic amines) is 1. The fraction of sp³-hybridized carbons (Fsp3) is 0.345. The molecule has 5 aromatic rings. The first-order valence-corrected chi connectivity index (χ1v) is 13.5. The van der Waals surface area contributed by atoms with E-state index in [0.29, 0.717) is 18.6 Å². The molecule has 1 aromatic carbocycles. The van der Waals surface area contributed by atoms with E-state index < -0.39 is 0 Å². The van der Waals surface area contributed by atoms with Crippen molar-refractivity contribution in [3.05, 3.63) is 72.9 Å². The van der Waals surface area contributed by atoms with E-state index in [1.54, 1.807) is 17.3 Å². The lowest BCUT2D eigenvalue weighted by molar-refractivity contribution is -0.189. The maximum absolute atomic E-state index is 6.02. The van der Waals surface area contributed by atoms with Crippen LogP contribution in [0.5, 0.6) is 5.75 Å². The van der Waals surface area contributed by atoms with Crippen LogP contribution in [0.3, 0.4) is 0 Å². The van der Waals surface area contributed by atoms with Crippen LogP contribution in [0.25, 0.3) is 28.3 Å². The van der Waals surface area contributed by atoms with Crippen LogP contribution in [0.15, 0.2) is 67.4 Å². The highest BCUT2D eigenvalue weighted by atomic mass is 16.5. The first-order chi connectivity index (χ1) is 19.6. The number of nitrogens with zero attached hydrogens (tertiary/aromatic N) is 8. The minimum atomic E-state index is 0.468. The van der Waals surface area contributed by atoms with Crippen LogP contribution >= 0.6 is 0 Å². The summed E-state index contributed by atoms with van der Waals surface area (Å²) in [6.07, 6.45) is 8.16. The summed E-state index contributed by atoms with van der Waals surface area (Å²) in [5.74, 6) is 1.57. The van der Waals surface area contributed by atoms with Crippen LogP contribution in [-0.2, 0) is 18.3 Å². The van der Waals surface area contributed by atoms with Crippen LogP contribution < -0.4 is 10.1 Å². The molecule has 2 saturated heterocycles. The van der Waals surface area contributed by atoms with Crippen molar-refractivity contribution in [2.75, 3.05) is 44.8 Å². The van der Waals surface area contributed by atoms with Gasteiger partial charge < -0.3 is 19.7 Å². The third-order valence-electron chi connectivity index (χ3n) is 7.56. The Morgan fingerprint density at radius 1 is 1.00 bits per heavy atom. The molecule has 40 heavy (non-hydrogen) atoms. The van der Waals surface area contributed by atoms with E-state index in [2.05, 4.69) is 59.6 Å². The van der Waals surface area contributed by atoms with Crippen molar-refractivity contribution in [3.63, 3.8) is 0 Å². The highest BCUT2D eigenvalue weighted by Crippen LogP contribution is 2.37. The van der Waals surface area contributed by atoms with Crippen molar-refractivity contribution in [3.8, 4) is 28.4 Å². The van der Waals surface area contributed by atoms with Gasteiger partial charge in [0.15, 0.2) is 0 Å². The number of hydrogen-bond acceptors (Lipinski definition) is 9. The van der Waals surface area contributed by atoms with E-state index >= 15 is 0 Å². The first-order valence-electron chi connectivity index (χ1n) is 13.5. The molecule has 11 heteroatoms. The molecule has 2 aliphatic heterocycles. The summed E-state index contributed by atoms with van der Waals surface area (Å²) in [6.45, 7) is 6.57. The van der Waals surface area contributed by atoms with E-state index in [9.17, 15) is 0 Å². The normalized spacial score (nSPS) is 16.1. The van der Waals surface area contributed by atoms with Crippen molar-refractivity contribution in [2.24, 2.45) is 12.5 Å². The Bertz CT molecular complexity index is 1620. The number of anilines is 1. The first kappa shape index (κ1) is 24.7. The number of pyridine rings is 1. The summed E-state index contributed by atoms with van der Waals surface area (Å²) < 4.78 is 13.4. The summed E-state index contributed by atoms with van der Waals surface area (Å²) in [5, 5.41) is 11.9. The van der Waals surface area contributed by atoms with Gasteiger partial charge in [-0.05, 0) is 18.1 Å². The largest absolute Gasteiger partial charge is 0.493 e. The van der Waals surface area contributed by atoms with Crippen molar-refractivity contribution < 1.29 is 9.47 Å². The molecule has 6 heterocycles. The molecule has 1 N–H and O–H groups in total. The molecule has 0 unspecified atom stereocenters. The molecule has 11 nitrogen and oxygen atoms in total. The van der Waals surface area contributed by atoms with Gasteiger partial charge >= 0.3 is 0 Å². The molecule has 1 spiro atoms. The van der Waals surface area contributed by atoms with Crippen LogP contribution in [0.4, 0.5) is 5.82 Å². The standard InChI is InChI=1S/C29H31N9O2/c1-36-34-14-25(35-36)22-5-3-21(4-6-22)13-30-27-12-24(32-20-33-27)26-15-31-28-11-23(7-9-38(26)28)40-10-2-8-37-16-29(17-37)18-39-19-29/h3-7,9,11-12,14-15,20H,2,8,10,13,16-19H2,1H3,(H,30,32,33). The molecule has 0 aliphatic carbocycles. The molecule has 204 valence electrons. The van der Waals surface area contributed by atoms with Gasteiger partial charge in [0.2, 0.25) is 0 Å². The molecule has 4 aromatic heterocycles. The number of imidazole rings is 1. The fourth-order valence-electron chi connectivity index (χ4n) is 5.41. The number of hydrogen-bond donors (Lipinski definition) is 1. The SMILES string of the molecule is Cn1ncc(-c2ccc(CNc3cc(-c4cnc5cc(OCCCN6CC7(COC7)C6)ccn45)ncn3)cc2)n1. The lowest BCUT2D eigenvalue weighted by Crippen LogP contribution is -2.65. The molecule has 2 aliphatic rings. The smallest absolute Gasteiger partial charge is 0.140 e. The van der Waals surface area contributed by atoms with Crippen LogP contribution in [-0.4, -0.2) is 78.7 Å². The molecular weight excluding hydrogens is 506 g/mol. The van der Waals surface area contributed by atoms with Gasteiger partial charge in [-0.25, -0.2) is 15.0 Å². The molecule has 0 radical (unpaired) electrons. The maximum Gasteiger partial charge on any atom is 0.140 e. The summed E-state index contributed by atoms with van der Waals surface area (Å²) in [7, 11) is 1.81. The number of aryl methyl sites for hydroxylation is 1. The molecule has 0 amide bonds. The topological polar surface area (TPSA) is 108 Å². The lowest BCUT2D eigenvalue weighted by Gasteiger charge is -2.55. The number of benzene rings is 1. The van der Waals surface area contributed by atoms with Gasteiger partial charge in [-0.1, -0.05) is 24.3 Å². The molecule has 7 rings (SSSR count). The quantitative estimate of drug-likeness (QED) is 0.269. The average molecular weight is 538 g/mol. The molecule has 0 bridgehead atoms. The summed E-state index contributed by atoms with van der Waals surface area (Å²) in [6, 6.07) is 14.1. The number of nitrogens with one attached hydrogen (secondary N) is 1. The number of ether oxygens (including phenoxy) is 2. The van der Waals surface area contributed by atoms with Gasteiger partial charge in [-0.3, -0.25) is 4.40 Å². The van der Waals surface area contributed by atoms with Gasteiger partial charge in [-0.15, -0.1) is 0 Å². The zero-order chi connectivity index (χ0) is 26.9. The Hall–Kier alpha value is -4.35. The summed E-state index contributed by atoms with van der Waals surface area (Å²) >= 11 is 0. The Morgan fingerprint density at radius 3 is 2.65 bits per heavy atom. The van der Waals surface area contributed by atoms with Gasteiger partial charge in [-0.2, -0.15) is 15.0 Å². The zero-order valence-corrected chi connectivity index (χ0v) is 22.4. The fourth-order valence-corrected chi connectivity index (χ4v) is 5.41. The van der Waals surface area contributed by atoms with E-state index in [1.165, 1.54) is 0 Å². The molecule has 2 fully saturated rings. The van der Waals surface area contributed by atoms with Crippen LogP contribution in [0, 0.1) is 5.41 Å². The second kappa shape index (κ2) is 10.3. The van der Waals surface area contributed by atoms with Crippen LogP contribution in [0.1, 0.15) is 12.0 Å². The number of fused-ring (bicyclic) bond motifs is 1. The number of rotatable bonds is 10. The third-order valence-corrected chi connectivity index (χ3v) is 7.56. The molecular formula is C29H31N9O2. The van der Waals surface area contributed by atoms with Gasteiger partial charge in [0.1, 0.15) is 29.2 Å². The Labute approximate surface area is 231 Å². The van der Waals surface area contributed by atoms with Gasteiger partial charge in [0, 0.05) is 62.5 Å². The maximum atomic E-state index is 6.02.